The number of nitrogens with one attached hydrogen (secondary N) is 2. The van der Waals surface area contributed by atoms with Crippen LogP contribution in [0, 0.1) is 24.0 Å². The largest absolute Gasteiger partial charge is 0.507 e. The molecule has 2 aromatic rings. The molecule has 0 bridgehead atoms. The summed E-state index contributed by atoms with van der Waals surface area (Å²) in [5.41, 5.74) is 3.40. The highest BCUT2D eigenvalue weighted by atomic mass is 16.6. The number of hydrazone groups is 1. The van der Waals surface area contributed by atoms with Gasteiger partial charge in [-0.15, -0.1) is 0 Å². The van der Waals surface area contributed by atoms with Crippen molar-refractivity contribution in [1.82, 2.24) is 15.6 Å². The molecule has 1 aromatic carbocycles. The maximum absolute atomic E-state index is 11.7. The van der Waals surface area contributed by atoms with Crippen molar-refractivity contribution in [3.8, 4) is 5.75 Å². The second kappa shape index (κ2) is 6.04. The van der Waals surface area contributed by atoms with Gasteiger partial charge in [-0.1, -0.05) is 0 Å². The molecule has 9 heteroatoms. The highest BCUT2D eigenvalue weighted by Gasteiger charge is 2.13. The van der Waals surface area contributed by atoms with Crippen LogP contribution in [0.4, 0.5) is 5.69 Å². The number of benzene rings is 1. The number of amides is 1. The highest BCUT2D eigenvalue weighted by Crippen LogP contribution is 2.26. The lowest BCUT2D eigenvalue weighted by atomic mass is 10.1. The number of hydrogen-bond donors (Lipinski definition) is 3. The number of aromatic hydroxyl groups is 1. The van der Waals surface area contributed by atoms with E-state index in [0.717, 1.165) is 18.0 Å². The fourth-order valence-corrected chi connectivity index (χ4v) is 1.74. The summed E-state index contributed by atoms with van der Waals surface area (Å²) in [7, 11) is 0. The Morgan fingerprint density at radius 1 is 1.45 bits per heavy atom. The molecule has 22 heavy (non-hydrogen) atoms. The van der Waals surface area contributed by atoms with Gasteiger partial charge >= 0.3 is 0 Å². The van der Waals surface area contributed by atoms with Crippen molar-refractivity contribution in [1.29, 1.82) is 0 Å². The molecule has 0 aliphatic rings. The number of nitro benzene ring substituents is 1. The predicted octanol–water partition coefficient (Wildman–Crippen LogP) is 1.40. The van der Waals surface area contributed by atoms with E-state index in [-0.39, 0.29) is 22.7 Å². The average molecular weight is 303 g/mol. The number of non-ortho nitro benzene ring substituents is 1. The van der Waals surface area contributed by atoms with Gasteiger partial charge in [-0.05, 0) is 25.5 Å². The SMILES string of the molecule is Cc1cc(C(=O)N/N=C\c2cc([N+](=O)[O-])cc(C)c2O)n[nH]1. The molecule has 0 unspecified atom stereocenters. The maximum atomic E-state index is 11.7. The fraction of sp³-hybridized carbons (Fsp3) is 0.154. The summed E-state index contributed by atoms with van der Waals surface area (Å²) < 4.78 is 0. The predicted molar refractivity (Wildman–Crippen MR) is 77.9 cm³/mol. The number of H-pyrrole nitrogens is 1. The van der Waals surface area contributed by atoms with E-state index in [1.54, 1.807) is 13.0 Å². The Bertz CT molecular complexity index is 766. The van der Waals surface area contributed by atoms with Crippen molar-refractivity contribution in [2.75, 3.05) is 0 Å². The van der Waals surface area contributed by atoms with Crippen LogP contribution in [-0.2, 0) is 0 Å². The van der Waals surface area contributed by atoms with Crippen LogP contribution in [0.15, 0.2) is 23.3 Å². The van der Waals surface area contributed by atoms with Gasteiger partial charge in [-0.2, -0.15) is 10.2 Å². The molecular formula is C13H13N5O4. The minimum atomic E-state index is -0.575. The van der Waals surface area contributed by atoms with Crippen molar-refractivity contribution in [2.45, 2.75) is 13.8 Å². The highest BCUT2D eigenvalue weighted by molar-refractivity contribution is 5.93. The maximum Gasteiger partial charge on any atom is 0.291 e. The van der Waals surface area contributed by atoms with E-state index < -0.39 is 10.8 Å². The van der Waals surface area contributed by atoms with Crippen molar-refractivity contribution in [2.24, 2.45) is 5.10 Å². The van der Waals surface area contributed by atoms with Gasteiger partial charge in [0.05, 0.1) is 11.1 Å². The Morgan fingerprint density at radius 3 is 2.77 bits per heavy atom. The van der Waals surface area contributed by atoms with Crippen molar-refractivity contribution in [3.63, 3.8) is 0 Å². The van der Waals surface area contributed by atoms with Gasteiger partial charge in [0.1, 0.15) is 5.75 Å². The number of nitrogens with zero attached hydrogens (tertiary/aromatic N) is 3. The van der Waals surface area contributed by atoms with Gasteiger partial charge in [-0.3, -0.25) is 20.0 Å². The molecule has 1 amide bonds. The molecule has 0 saturated carbocycles. The van der Waals surface area contributed by atoms with Crippen molar-refractivity contribution >= 4 is 17.8 Å². The molecule has 3 N–H and O–H groups in total. The molecule has 2 rings (SSSR count). The monoisotopic (exact) mass is 303 g/mol. The second-order valence-electron chi connectivity index (χ2n) is 4.59. The number of phenols is 1. The number of aromatic nitrogens is 2. The second-order valence-corrected chi connectivity index (χ2v) is 4.59. The zero-order valence-electron chi connectivity index (χ0n) is 11.8. The van der Waals surface area contributed by atoms with Gasteiger partial charge in [0, 0.05) is 23.4 Å². The number of aryl methyl sites for hydroxylation is 2. The van der Waals surface area contributed by atoms with E-state index in [4.69, 9.17) is 0 Å². The summed E-state index contributed by atoms with van der Waals surface area (Å²) in [6, 6.07) is 3.95. The van der Waals surface area contributed by atoms with Crippen LogP contribution in [-0.4, -0.2) is 32.3 Å². The Kier molecular flexibility index (Phi) is 4.16. The van der Waals surface area contributed by atoms with Crippen LogP contribution < -0.4 is 5.43 Å². The van der Waals surface area contributed by atoms with E-state index in [0.29, 0.717) is 5.56 Å². The number of nitro groups is 1. The van der Waals surface area contributed by atoms with Gasteiger partial charge in [-0.25, -0.2) is 5.43 Å². The number of carbonyl (C=O) groups excluding carboxylic acids is 1. The first-order valence-corrected chi connectivity index (χ1v) is 6.22. The Labute approximate surface area is 124 Å². The zero-order chi connectivity index (χ0) is 16.3. The molecule has 0 atom stereocenters. The first kappa shape index (κ1) is 15.2. The zero-order valence-corrected chi connectivity index (χ0v) is 11.8. The average Bonchev–Trinajstić information content (AvgIpc) is 2.89. The lowest BCUT2D eigenvalue weighted by Crippen LogP contribution is -2.18. The molecule has 114 valence electrons. The number of hydrogen-bond acceptors (Lipinski definition) is 6. The Balaban J connectivity index is 2.16. The summed E-state index contributed by atoms with van der Waals surface area (Å²) >= 11 is 0. The summed E-state index contributed by atoms with van der Waals surface area (Å²) in [5, 5.41) is 30.7. The summed E-state index contributed by atoms with van der Waals surface area (Å²) in [4.78, 5) is 21.9. The number of rotatable bonds is 4. The van der Waals surface area contributed by atoms with E-state index in [2.05, 4.69) is 20.7 Å². The van der Waals surface area contributed by atoms with Gasteiger partial charge < -0.3 is 5.11 Å². The van der Waals surface area contributed by atoms with E-state index in [1.165, 1.54) is 13.0 Å². The molecule has 1 heterocycles. The first-order valence-electron chi connectivity index (χ1n) is 6.22. The molecule has 0 radical (unpaired) electrons. The molecule has 1 aromatic heterocycles. The van der Waals surface area contributed by atoms with E-state index >= 15 is 0 Å². The minimum absolute atomic E-state index is 0.130. The van der Waals surface area contributed by atoms with Crippen molar-refractivity contribution < 1.29 is 14.8 Å². The van der Waals surface area contributed by atoms with Crippen LogP contribution >= 0.6 is 0 Å². The fourth-order valence-electron chi connectivity index (χ4n) is 1.74. The van der Waals surface area contributed by atoms with Gasteiger partial charge in [0.25, 0.3) is 11.6 Å². The topological polar surface area (TPSA) is 134 Å². The van der Waals surface area contributed by atoms with Crippen LogP contribution in [0.2, 0.25) is 0 Å². The third-order valence-electron chi connectivity index (χ3n) is 2.83. The molecule has 0 saturated heterocycles. The number of phenolic OH excluding ortho intramolecular Hbond substituents is 1. The molecule has 0 fully saturated rings. The van der Waals surface area contributed by atoms with Gasteiger partial charge in [0.15, 0.2) is 5.69 Å². The lowest BCUT2D eigenvalue weighted by molar-refractivity contribution is -0.384. The van der Waals surface area contributed by atoms with Crippen LogP contribution in [0.3, 0.4) is 0 Å². The van der Waals surface area contributed by atoms with Crippen LogP contribution in [0.25, 0.3) is 0 Å². The number of carbonyl (C=O) groups is 1. The third-order valence-corrected chi connectivity index (χ3v) is 2.83. The standard InChI is InChI=1S/C13H13N5O4/c1-7-3-10(18(21)22)5-9(12(7)19)6-14-17-13(20)11-4-8(2)15-16-11/h3-6,19H,1-2H3,(H,15,16)(H,17,20)/b14-6-. The quantitative estimate of drug-likeness (QED) is 0.446. The minimum Gasteiger partial charge on any atom is -0.507 e. The summed E-state index contributed by atoms with van der Waals surface area (Å²) in [6.07, 6.45) is 1.13. The Morgan fingerprint density at radius 2 is 2.18 bits per heavy atom. The van der Waals surface area contributed by atoms with Gasteiger partial charge in [0.2, 0.25) is 0 Å². The molecule has 9 nitrogen and oxygen atoms in total. The Hall–Kier alpha value is -3.23. The summed E-state index contributed by atoms with van der Waals surface area (Å²) in [6.45, 7) is 3.28. The third kappa shape index (κ3) is 3.26. The van der Waals surface area contributed by atoms with E-state index in [9.17, 15) is 20.0 Å². The van der Waals surface area contributed by atoms with Crippen molar-refractivity contribution in [3.05, 3.63) is 50.8 Å². The number of aromatic amines is 1. The molecule has 0 aliphatic heterocycles. The smallest absolute Gasteiger partial charge is 0.291 e. The van der Waals surface area contributed by atoms with Crippen LogP contribution in [0.1, 0.15) is 27.3 Å². The molecule has 0 spiro atoms. The molecular weight excluding hydrogens is 290 g/mol. The normalized spacial score (nSPS) is 10.8. The van der Waals surface area contributed by atoms with Crippen LogP contribution in [0.5, 0.6) is 5.75 Å². The van der Waals surface area contributed by atoms with E-state index in [1.807, 2.05) is 0 Å². The summed E-state index contributed by atoms with van der Waals surface area (Å²) in [5.74, 6) is -0.679. The first-order chi connectivity index (χ1) is 10.4. The molecule has 0 aliphatic carbocycles. The lowest BCUT2D eigenvalue weighted by Gasteiger charge is -2.03.